The SMILES string of the molecule is CCC(C)(CC)NS(=O)(=O)c1ccc(CNC)cc1F. The summed E-state index contributed by atoms with van der Waals surface area (Å²) in [5.74, 6) is -0.722. The van der Waals surface area contributed by atoms with Gasteiger partial charge < -0.3 is 5.32 Å². The van der Waals surface area contributed by atoms with Crippen molar-refractivity contribution in [3.63, 3.8) is 0 Å². The van der Waals surface area contributed by atoms with Crippen LogP contribution in [0.5, 0.6) is 0 Å². The summed E-state index contributed by atoms with van der Waals surface area (Å²) in [5.41, 5.74) is 0.146. The van der Waals surface area contributed by atoms with Crippen molar-refractivity contribution in [2.75, 3.05) is 7.05 Å². The Bertz CT molecular complexity index is 554. The molecule has 0 atom stereocenters. The van der Waals surface area contributed by atoms with Gasteiger partial charge in [-0.25, -0.2) is 17.5 Å². The Kier molecular flexibility index (Phi) is 5.68. The number of hydrogen-bond donors (Lipinski definition) is 2. The highest BCUT2D eigenvalue weighted by Gasteiger charge is 2.29. The average Bonchev–Trinajstić information content (AvgIpc) is 2.38. The zero-order valence-corrected chi connectivity index (χ0v) is 13.3. The van der Waals surface area contributed by atoms with Gasteiger partial charge in [-0.1, -0.05) is 19.9 Å². The van der Waals surface area contributed by atoms with Crippen molar-refractivity contribution in [3.05, 3.63) is 29.6 Å². The van der Waals surface area contributed by atoms with Gasteiger partial charge in [0.15, 0.2) is 0 Å². The van der Waals surface area contributed by atoms with Crippen molar-refractivity contribution in [2.45, 2.75) is 50.6 Å². The Morgan fingerprint density at radius 1 is 1.25 bits per heavy atom. The van der Waals surface area contributed by atoms with Gasteiger partial charge >= 0.3 is 0 Å². The molecule has 20 heavy (non-hydrogen) atoms. The van der Waals surface area contributed by atoms with Crippen LogP contribution in [-0.4, -0.2) is 21.0 Å². The summed E-state index contributed by atoms with van der Waals surface area (Å²) in [5, 5.41) is 2.89. The fourth-order valence-electron chi connectivity index (χ4n) is 1.85. The summed E-state index contributed by atoms with van der Waals surface area (Å²) in [6.07, 6.45) is 1.28. The van der Waals surface area contributed by atoms with Gasteiger partial charge in [0, 0.05) is 12.1 Å². The van der Waals surface area contributed by atoms with Gasteiger partial charge in [-0.15, -0.1) is 0 Å². The Morgan fingerprint density at radius 2 is 1.85 bits per heavy atom. The van der Waals surface area contributed by atoms with Crippen LogP contribution in [0.25, 0.3) is 0 Å². The van der Waals surface area contributed by atoms with Gasteiger partial charge in [0.1, 0.15) is 10.7 Å². The van der Waals surface area contributed by atoms with Crippen LogP contribution in [0.2, 0.25) is 0 Å². The molecule has 1 aromatic carbocycles. The van der Waals surface area contributed by atoms with Crippen LogP contribution in [0.3, 0.4) is 0 Å². The molecule has 6 heteroatoms. The largest absolute Gasteiger partial charge is 0.316 e. The molecule has 0 bridgehead atoms. The van der Waals surface area contributed by atoms with E-state index in [0.717, 1.165) is 0 Å². The molecule has 0 aliphatic rings. The maximum atomic E-state index is 14.0. The summed E-state index contributed by atoms with van der Waals surface area (Å²) in [6, 6.07) is 4.18. The number of hydrogen-bond acceptors (Lipinski definition) is 3. The van der Waals surface area contributed by atoms with E-state index in [9.17, 15) is 12.8 Å². The molecule has 1 rings (SSSR count). The molecule has 0 aliphatic carbocycles. The third-order valence-electron chi connectivity index (χ3n) is 3.61. The van der Waals surface area contributed by atoms with E-state index >= 15 is 0 Å². The molecule has 0 heterocycles. The van der Waals surface area contributed by atoms with Crippen LogP contribution in [0.4, 0.5) is 4.39 Å². The van der Waals surface area contributed by atoms with Crippen molar-refractivity contribution in [3.8, 4) is 0 Å². The number of benzene rings is 1. The van der Waals surface area contributed by atoms with Gasteiger partial charge in [-0.2, -0.15) is 0 Å². The highest BCUT2D eigenvalue weighted by molar-refractivity contribution is 7.89. The second-order valence-electron chi connectivity index (χ2n) is 5.17. The molecular weight excluding hydrogens is 279 g/mol. The molecule has 0 saturated heterocycles. The second kappa shape index (κ2) is 6.65. The highest BCUT2D eigenvalue weighted by atomic mass is 32.2. The average molecular weight is 302 g/mol. The lowest BCUT2D eigenvalue weighted by atomic mass is 9.98. The Labute approximate surface area is 120 Å². The molecule has 1 aromatic rings. The van der Waals surface area contributed by atoms with Crippen molar-refractivity contribution >= 4 is 10.0 Å². The molecule has 0 aliphatic heterocycles. The van der Waals surface area contributed by atoms with Gasteiger partial charge in [0.05, 0.1) is 0 Å². The fourth-order valence-corrected chi connectivity index (χ4v) is 3.46. The lowest BCUT2D eigenvalue weighted by molar-refractivity contribution is 0.387. The first-order chi connectivity index (χ1) is 9.28. The maximum Gasteiger partial charge on any atom is 0.243 e. The Hall–Kier alpha value is -0.980. The minimum absolute atomic E-state index is 0.300. The van der Waals surface area contributed by atoms with Crippen LogP contribution in [-0.2, 0) is 16.6 Å². The smallest absolute Gasteiger partial charge is 0.243 e. The number of sulfonamides is 1. The van der Waals surface area contributed by atoms with E-state index < -0.39 is 21.4 Å². The number of rotatable bonds is 7. The molecule has 114 valence electrons. The molecule has 0 amide bonds. The molecule has 0 saturated carbocycles. The molecule has 0 radical (unpaired) electrons. The quantitative estimate of drug-likeness (QED) is 0.813. The van der Waals surface area contributed by atoms with Crippen LogP contribution in [0.1, 0.15) is 39.2 Å². The van der Waals surface area contributed by atoms with Crippen LogP contribution in [0, 0.1) is 5.82 Å². The minimum Gasteiger partial charge on any atom is -0.316 e. The predicted octanol–water partition coefficient (Wildman–Crippen LogP) is 2.40. The standard InChI is InChI=1S/C14H23FN2O2S/c1-5-14(3,6-2)17-20(18,19)13-8-7-11(10-16-4)9-12(13)15/h7-9,16-17H,5-6,10H2,1-4H3. The minimum atomic E-state index is -3.85. The van der Waals surface area contributed by atoms with E-state index in [1.165, 1.54) is 12.1 Å². The first kappa shape index (κ1) is 17.1. The van der Waals surface area contributed by atoms with Gasteiger partial charge in [0.2, 0.25) is 10.0 Å². The van der Waals surface area contributed by atoms with Crippen molar-refractivity contribution in [1.29, 1.82) is 0 Å². The van der Waals surface area contributed by atoms with Gasteiger partial charge in [0.25, 0.3) is 0 Å². The third kappa shape index (κ3) is 4.01. The summed E-state index contributed by atoms with van der Waals surface area (Å²) in [7, 11) is -2.10. The lowest BCUT2D eigenvalue weighted by Gasteiger charge is -2.27. The van der Waals surface area contributed by atoms with Crippen LogP contribution in [0.15, 0.2) is 23.1 Å². The summed E-state index contributed by atoms with van der Waals surface area (Å²) < 4.78 is 41.2. The lowest BCUT2D eigenvalue weighted by Crippen LogP contribution is -2.45. The van der Waals surface area contributed by atoms with E-state index in [4.69, 9.17) is 0 Å². The van der Waals surface area contributed by atoms with Crippen LogP contribution < -0.4 is 10.0 Å². The summed E-state index contributed by atoms with van der Waals surface area (Å²) in [4.78, 5) is -0.300. The van der Waals surface area contributed by atoms with E-state index in [1.807, 2.05) is 20.8 Å². The Balaban J connectivity index is 3.10. The van der Waals surface area contributed by atoms with E-state index in [2.05, 4.69) is 10.0 Å². The molecule has 4 nitrogen and oxygen atoms in total. The second-order valence-corrected chi connectivity index (χ2v) is 6.82. The monoisotopic (exact) mass is 302 g/mol. The first-order valence-electron chi connectivity index (χ1n) is 6.75. The first-order valence-corrected chi connectivity index (χ1v) is 8.23. The van der Waals surface area contributed by atoms with E-state index in [0.29, 0.717) is 24.9 Å². The molecule has 0 fully saturated rings. The molecule has 2 N–H and O–H groups in total. The van der Waals surface area contributed by atoms with Crippen molar-refractivity contribution < 1.29 is 12.8 Å². The molecule has 0 spiro atoms. The number of nitrogens with one attached hydrogen (secondary N) is 2. The highest BCUT2D eigenvalue weighted by Crippen LogP contribution is 2.21. The molecule has 0 unspecified atom stereocenters. The maximum absolute atomic E-state index is 14.0. The summed E-state index contributed by atoms with van der Waals surface area (Å²) >= 11 is 0. The van der Waals surface area contributed by atoms with E-state index in [-0.39, 0.29) is 4.90 Å². The zero-order valence-electron chi connectivity index (χ0n) is 12.5. The van der Waals surface area contributed by atoms with E-state index in [1.54, 1.807) is 13.1 Å². The zero-order chi connectivity index (χ0) is 15.4. The topological polar surface area (TPSA) is 58.2 Å². The fraction of sp³-hybridized carbons (Fsp3) is 0.571. The normalized spacial score (nSPS) is 12.7. The number of halogens is 1. The predicted molar refractivity (Wildman–Crippen MR) is 78.5 cm³/mol. The summed E-state index contributed by atoms with van der Waals surface area (Å²) in [6.45, 7) is 6.11. The molecular formula is C14H23FN2O2S. The molecule has 0 aromatic heterocycles. The van der Waals surface area contributed by atoms with Crippen LogP contribution >= 0.6 is 0 Å². The van der Waals surface area contributed by atoms with Gasteiger partial charge in [-0.05, 0) is 44.5 Å². The van der Waals surface area contributed by atoms with Crippen molar-refractivity contribution in [2.24, 2.45) is 0 Å². The third-order valence-corrected chi connectivity index (χ3v) is 5.28. The Morgan fingerprint density at radius 3 is 2.30 bits per heavy atom. The van der Waals surface area contributed by atoms with Gasteiger partial charge in [-0.3, -0.25) is 0 Å². The van der Waals surface area contributed by atoms with Crippen molar-refractivity contribution in [1.82, 2.24) is 10.0 Å².